The van der Waals surface area contributed by atoms with Gasteiger partial charge in [-0.15, -0.1) is 11.3 Å². The standard InChI is InChI=1S/C21H22N2O4S/c1-14-22-18(13-28-14)17-10-15-6-7-16(11-19(15)27-21(17)25)26-12-20(24)23-8-4-2-3-5-9-23/h6-7,10-11,13H,2-5,8-9,12H2,1H3. The Kier molecular flexibility index (Phi) is 5.43. The van der Waals surface area contributed by atoms with Crippen molar-refractivity contribution >= 4 is 28.2 Å². The third kappa shape index (κ3) is 4.09. The average molecular weight is 398 g/mol. The molecule has 0 spiro atoms. The second kappa shape index (κ2) is 8.14. The Morgan fingerprint density at radius 1 is 1.21 bits per heavy atom. The molecule has 1 aromatic carbocycles. The molecule has 146 valence electrons. The molecule has 0 radical (unpaired) electrons. The summed E-state index contributed by atoms with van der Waals surface area (Å²) >= 11 is 1.49. The first-order valence-corrected chi connectivity index (χ1v) is 10.4. The molecule has 1 saturated heterocycles. The van der Waals surface area contributed by atoms with E-state index in [1.807, 2.05) is 23.3 Å². The quantitative estimate of drug-likeness (QED) is 0.621. The van der Waals surface area contributed by atoms with Crippen LogP contribution in [0.3, 0.4) is 0 Å². The van der Waals surface area contributed by atoms with E-state index in [2.05, 4.69) is 4.98 Å². The van der Waals surface area contributed by atoms with Crippen molar-refractivity contribution < 1.29 is 13.9 Å². The number of hydrogen-bond acceptors (Lipinski definition) is 6. The van der Waals surface area contributed by atoms with Gasteiger partial charge < -0.3 is 14.1 Å². The molecule has 0 unspecified atom stereocenters. The Labute approximate surface area is 166 Å². The minimum Gasteiger partial charge on any atom is -0.484 e. The molecule has 0 saturated carbocycles. The molecule has 1 aliphatic rings. The molecule has 4 rings (SSSR count). The van der Waals surface area contributed by atoms with Gasteiger partial charge in [-0.3, -0.25) is 4.79 Å². The minimum atomic E-state index is -0.435. The van der Waals surface area contributed by atoms with E-state index < -0.39 is 5.63 Å². The predicted molar refractivity (Wildman–Crippen MR) is 109 cm³/mol. The van der Waals surface area contributed by atoms with E-state index in [1.54, 1.807) is 18.2 Å². The first-order chi connectivity index (χ1) is 13.6. The molecule has 1 amide bonds. The molecular weight excluding hydrogens is 376 g/mol. The number of fused-ring (bicyclic) bond motifs is 1. The SMILES string of the molecule is Cc1nc(-c2cc3ccc(OCC(=O)N4CCCCCC4)cc3oc2=O)cs1. The molecule has 0 N–H and O–H groups in total. The van der Waals surface area contributed by atoms with Crippen LogP contribution in [0.4, 0.5) is 0 Å². The smallest absolute Gasteiger partial charge is 0.345 e. The second-order valence-electron chi connectivity index (χ2n) is 6.98. The van der Waals surface area contributed by atoms with Crippen LogP contribution < -0.4 is 10.4 Å². The van der Waals surface area contributed by atoms with Crippen LogP contribution >= 0.6 is 11.3 Å². The zero-order valence-electron chi connectivity index (χ0n) is 15.8. The van der Waals surface area contributed by atoms with E-state index >= 15 is 0 Å². The normalized spacial score (nSPS) is 14.8. The van der Waals surface area contributed by atoms with Gasteiger partial charge >= 0.3 is 5.63 Å². The Morgan fingerprint density at radius 3 is 2.71 bits per heavy atom. The summed E-state index contributed by atoms with van der Waals surface area (Å²) in [5.74, 6) is 0.508. The lowest BCUT2D eigenvalue weighted by Gasteiger charge is -2.20. The average Bonchev–Trinajstić information content (AvgIpc) is 2.94. The van der Waals surface area contributed by atoms with Gasteiger partial charge in [0.05, 0.1) is 16.3 Å². The summed E-state index contributed by atoms with van der Waals surface area (Å²) in [5.41, 5.74) is 1.07. The van der Waals surface area contributed by atoms with Gasteiger partial charge in [0.15, 0.2) is 6.61 Å². The molecule has 7 heteroatoms. The summed E-state index contributed by atoms with van der Waals surface area (Å²) in [6, 6.07) is 7.05. The van der Waals surface area contributed by atoms with Crippen LogP contribution in [0.2, 0.25) is 0 Å². The van der Waals surface area contributed by atoms with Gasteiger partial charge in [0.1, 0.15) is 11.3 Å². The van der Waals surface area contributed by atoms with Crippen LogP contribution in [0.15, 0.2) is 38.9 Å². The van der Waals surface area contributed by atoms with Crippen LogP contribution in [-0.4, -0.2) is 35.5 Å². The minimum absolute atomic E-state index is 0.00213. The Hall–Kier alpha value is -2.67. The van der Waals surface area contributed by atoms with E-state index in [0.717, 1.165) is 36.3 Å². The third-order valence-corrected chi connectivity index (χ3v) is 5.70. The molecule has 1 aliphatic heterocycles. The highest BCUT2D eigenvalue weighted by Gasteiger charge is 2.16. The monoisotopic (exact) mass is 398 g/mol. The zero-order valence-corrected chi connectivity index (χ0v) is 16.6. The van der Waals surface area contributed by atoms with Crippen molar-refractivity contribution in [3.8, 4) is 17.0 Å². The van der Waals surface area contributed by atoms with Crippen LogP contribution in [-0.2, 0) is 4.79 Å². The number of thiazole rings is 1. The lowest BCUT2D eigenvalue weighted by Crippen LogP contribution is -2.35. The summed E-state index contributed by atoms with van der Waals surface area (Å²) in [4.78, 5) is 31.0. The van der Waals surface area contributed by atoms with Crippen LogP contribution in [0.25, 0.3) is 22.2 Å². The van der Waals surface area contributed by atoms with E-state index in [4.69, 9.17) is 9.15 Å². The number of ether oxygens (including phenoxy) is 1. The van der Waals surface area contributed by atoms with Gasteiger partial charge in [0.25, 0.3) is 5.91 Å². The third-order valence-electron chi connectivity index (χ3n) is 4.92. The molecule has 3 aromatic rings. The maximum absolute atomic E-state index is 12.4. The lowest BCUT2D eigenvalue weighted by atomic mass is 10.1. The summed E-state index contributed by atoms with van der Waals surface area (Å²) < 4.78 is 11.1. The van der Waals surface area contributed by atoms with Gasteiger partial charge in [0, 0.05) is 29.9 Å². The fraction of sp³-hybridized carbons (Fsp3) is 0.381. The highest BCUT2D eigenvalue weighted by molar-refractivity contribution is 7.09. The van der Waals surface area contributed by atoms with Crippen molar-refractivity contribution in [2.24, 2.45) is 0 Å². The number of aryl methyl sites for hydroxylation is 1. The van der Waals surface area contributed by atoms with Crippen LogP contribution in [0.1, 0.15) is 30.7 Å². The number of benzene rings is 1. The van der Waals surface area contributed by atoms with Crippen molar-refractivity contribution in [1.29, 1.82) is 0 Å². The van der Waals surface area contributed by atoms with E-state index in [9.17, 15) is 9.59 Å². The number of carbonyl (C=O) groups excluding carboxylic acids is 1. The zero-order chi connectivity index (χ0) is 19.5. The van der Waals surface area contributed by atoms with E-state index in [1.165, 1.54) is 24.2 Å². The fourth-order valence-corrected chi connectivity index (χ4v) is 4.02. The van der Waals surface area contributed by atoms with Crippen molar-refractivity contribution in [2.45, 2.75) is 32.6 Å². The molecule has 2 aromatic heterocycles. The fourth-order valence-electron chi connectivity index (χ4n) is 3.40. The number of nitrogens with zero attached hydrogens (tertiary/aromatic N) is 2. The molecule has 6 nitrogen and oxygen atoms in total. The van der Waals surface area contributed by atoms with Gasteiger partial charge in [-0.2, -0.15) is 0 Å². The van der Waals surface area contributed by atoms with E-state index in [0.29, 0.717) is 22.6 Å². The van der Waals surface area contributed by atoms with Crippen LogP contribution in [0, 0.1) is 6.92 Å². The maximum Gasteiger partial charge on any atom is 0.345 e. The van der Waals surface area contributed by atoms with Gasteiger partial charge in [-0.1, -0.05) is 12.8 Å². The first-order valence-electron chi connectivity index (χ1n) is 9.51. The van der Waals surface area contributed by atoms with Gasteiger partial charge in [0.2, 0.25) is 0 Å². The van der Waals surface area contributed by atoms with Gasteiger partial charge in [-0.25, -0.2) is 9.78 Å². The number of rotatable bonds is 4. The molecular formula is C21H22N2O4S. The maximum atomic E-state index is 12.4. The van der Waals surface area contributed by atoms with Crippen molar-refractivity contribution in [1.82, 2.24) is 9.88 Å². The topological polar surface area (TPSA) is 72.6 Å². The van der Waals surface area contributed by atoms with Crippen molar-refractivity contribution in [3.63, 3.8) is 0 Å². The highest BCUT2D eigenvalue weighted by atomic mass is 32.1. The molecule has 3 heterocycles. The van der Waals surface area contributed by atoms with Crippen molar-refractivity contribution in [3.05, 3.63) is 45.1 Å². The number of likely N-dealkylation sites (tertiary alicyclic amines) is 1. The lowest BCUT2D eigenvalue weighted by molar-refractivity contribution is -0.133. The summed E-state index contributed by atoms with van der Waals surface area (Å²) in [5, 5.41) is 3.53. The summed E-state index contributed by atoms with van der Waals surface area (Å²) in [6.45, 7) is 3.49. The molecule has 0 bridgehead atoms. The van der Waals surface area contributed by atoms with Gasteiger partial charge in [-0.05, 0) is 38.0 Å². The largest absolute Gasteiger partial charge is 0.484 e. The van der Waals surface area contributed by atoms with Crippen LogP contribution in [0.5, 0.6) is 5.75 Å². The Balaban J connectivity index is 1.50. The summed E-state index contributed by atoms with van der Waals surface area (Å²) in [7, 11) is 0. The molecule has 1 fully saturated rings. The Morgan fingerprint density at radius 2 is 2.00 bits per heavy atom. The van der Waals surface area contributed by atoms with E-state index in [-0.39, 0.29) is 12.5 Å². The highest BCUT2D eigenvalue weighted by Crippen LogP contribution is 2.25. The molecule has 28 heavy (non-hydrogen) atoms. The number of carbonyl (C=O) groups is 1. The van der Waals surface area contributed by atoms with Crippen molar-refractivity contribution in [2.75, 3.05) is 19.7 Å². The first kappa shape index (κ1) is 18.7. The Bertz CT molecular complexity index is 1050. The predicted octanol–water partition coefficient (Wildman–Crippen LogP) is 4.01. The molecule has 0 atom stereocenters. The summed E-state index contributed by atoms with van der Waals surface area (Å²) in [6.07, 6.45) is 4.45. The number of amides is 1. The number of hydrogen-bond donors (Lipinski definition) is 0. The second-order valence-corrected chi connectivity index (χ2v) is 8.04. The number of aromatic nitrogens is 1. The molecule has 0 aliphatic carbocycles.